The molecule has 2 fully saturated rings. The topological polar surface area (TPSA) is 99.5 Å². The predicted molar refractivity (Wildman–Crippen MR) is 131 cm³/mol. The number of carbonyl (C=O) groups is 1. The third-order valence-corrected chi connectivity index (χ3v) is 7.31. The third-order valence-electron chi connectivity index (χ3n) is 7.31. The largest absolute Gasteiger partial charge is 0.367 e. The van der Waals surface area contributed by atoms with E-state index in [0.29, 0.717) is 26.2 Å². The molecule has 35 heavy (non-hydrogen) atoms. The van der Waals surface area contributed by atoms with Crippen molar-refractivity contribution in [3.8, 4) is 17.3 Å². The van der Waals surface area contributed by atoms with Crippen LogP contribution < -0.4 is 10.6 Å². The number of hydrogen-bond donors (Lipinski definition) is 2. The van der Waals surface area contributed by atoms with E-state index in [1.807, 2.05) is 24.3 Å². The van der Waals surface area contributed by atoms with E-state index in [-0.39, 0.29) is 11.5 Å². The van der Waals surface area contributed by atoms with Crippen molar-refractivity contribution >= 4 is 5.91 Å². The molecule has 1 amide bonds. The molecule has 1 aromatic carbocycles. The number of carbonyl (C=O) groups excluding carboxylic acids is 1. The molecular formula is C27H33N5O3. The lowest BCUT2D eigenvalue weighted by atomic mass is 9.87. The molecular weight excluding hydrogens is 442 g/mol. The summed E-state index contributed by atoms with van der Waals surface area (Å²) < 4.78 is 11.9. The van der Waals surface area contributed by atoms with E-state index in [1.54, 1.807) is 0 Å². The number of benzene rings is 1. The predicted octanol–water partition coefficient (Wildman–Crippen LogP) is 2.13. The van der Waals surface area contributed by atoms with E-state index in [0.717, 1.165) is 61.4 Å². The van der Waals surface area contributed by atoms with Crippen molar-refractivity contribution in [3.63, 3.8) is 0 Å². The number of nitrogens with one attached hydrogen (secondary N) is 2. The molecule has 8 heteroatoms. The molecule has 4 heterocycles. The molecule has 2 N–H and O–H groups in total. The molecule has 1 aromatic heterocycles. The fourth-order valence-corrected chi connectivity index (χ4v) is 5.13. The number of pyridine rings is 1. The van der Waals surface area contributed by atoms with Crippen LogP contribution in [-0.2, 0) is 32.9 Å². The van der Waals surface area contributed by atoms with E-state index < -0.39 is 12.1 Å². The Labute approximate surface area is 206 Å². The minimum atomic E-state index is -0.611. The Morgan fingerprint density at radius 3 is 2.86 bits per heavy atom. The summed E-state index contributed by atoms with van der Waals surface area (Å²) in [5.41, 5.74) is 4.97. The van der Waals surface area contributed by atoms with Gasteiger partial charge in [0.25, 0.3) is 5.91 Å². The number of piperidine rings is 1. The van der Waals surface area contributed by atoms with Crippen molar-refractivity contribution in [2.45, 2.75) is 50.0 Å². The Morgan fingerprint density at radius 2 is 2.09 bits per heavy atom. The smallest absolute Gasteiger partial charge is 0.251 e. The van der Waals surface area contributed by atoms with Crippen LogP contribution in [0.2, 0.25) is 0 Å². The minimum absolute atomic E-state index is 0.241. The average molecular weight is 476 g/mol. The fraction of sp³-hybridized carbons (Fsp3) is 0.519. The normalized spacial score (nSPS) is 22.7. The summed E-state index contributed by atoms with van der Waals surface area (Å²) in [6.07, 6.45) is 2.69. The lowest BCUT2D eigenvalue weighted by Gasteiger charge is -2.37. The van der Waals surface area contributed by atoms with E-state index in [1.165, 1.54) is 5.56 Å². The quantitative estimate of drug-likeness (QED) is 0.683. The second kappa shape index (κ2) is 10.4. The molecule has 5 rings (SSSR count). The van der Waals surface area contributed by atoms with E-state index >= 15 is 0 Å². The Kier molecular flexibility index (Phi) is 7.12. The molecule has 2 saturated heterocycles. The van der Waals surface area contributed by atoms with Gasteiger partial charge in [0.1, 0.15) is 17.7 Å². The number of likely N-dealkylation sites (tertiary alicyclic amines) is 1. The van der Waals surface area contributed by atoms with E-state index in [9.17, 15) is 10.1 Å². The third kappa shape index (κ3) is 5.24. The van der Waals surface area contributed by atoms with Gasteiger partial charge in [0, 0.05) is 43.8 Å². The van der Waals surface area contributed by atoms with Crippen LogP contribution in [0.15, 0.2) is 36.4 Å². The van der Waals surface area contributed by atoms with E-state index in [4.69, 9.17) is 14.5 Å². The molecule has 3 aliphatic rings. The molecule has 2 atom stereocenters. The highest BCUT2D eigenvalue weighted by molar-refractivity contribution is 5.81. The van der Waals surface area contributed by atoms with Gasteiger partial charge < -0.3 is 25.0 Å². The highest BCUT2D eigenvalue weighted by Gasteiger charge is 2.43. The van der Waals surface area contributed by atoms with Crippen LogP contribution in [0, 0.1) is 11.3 Å². The highest BCUT2D eigenvalue weighted by Crippen LogP contribution is 2.43. The standard InChI is InChI=1S/C27H33N5O3/c1-32-12-9-27(10-13-32)25-21(18-35-27)7-8-23(31-25)20-5-3-19(4-6-20)15-22(16-28)30-26(33)24-17-29-11-2-14-34-24/h3-8,22,24,29H,2,9-15,17-18H2,1H3,(H,30,33)/t22-,24-/m0/s1. The molecule has 0 bridgehead atoms. The van der Waals surface area contributed by atoms with Gasteiger partial charge in [-0.3, -0.25) is 4.79 Å². The number of nitriles is 1. The first-order valence-electron chi connectivity index (χ1n) is 12.5. The van der Waals surface area contributed by atoms with Gasteiger partial charge >= 0.3 is 0 Å². The van der Waals surface area contributed by atoms with Gasteiger partial charge in [-0.2, -0.15) is 5.26 Å². The van der Waals surface area contributed by atoms with Gasteiger partial charge in [-0.1, -0.05) is 30.3 Å². The number of aromatic nitrogens is 1. The van der Waals surface area contributed by atoms with Crippen molar-refractivity contribution in [1.29, 1.82) is 5.26 Å². The lowest BCUT2D eigenvalue weighted by molar-refractivity contribution is -0.132. The summed E-state index contributed by atoms with van der Waals surface area (Å²) in [7, 11) is 2.15. The van der Waals surface area contributed by atoms with Crippen molar-refractivity contribution in [2.75, 3.05) is 39.8 Å². The van der Waals surface area contributed by atoms with Crippen molar-refractivity contribution in [3.05, 3.63) is 53.2 Å². The van der Waals surface area contributed by atoms with Crippen LogP contribution in [0.3, 0.4) is 0 Å². The van der Waals surface area contributed by atoms with Crippen molar-refractivity contribution in [2.24, 2.45) is 0 Å². The summed E-state index contributed by atoms with van der Waals surface area (Å²) in [6, 6.07) is 13.9. The molecule has 2 aromatic rings. The van der Waals surface area contributed by atoms with Crippen molar-refractivity contribution < 1.29 is 14.3 Å². The van der Waals surface area contributed by atoms with Crippen LogP contribution >= 0.6 is 0 Å². The molecule has 1 spiro atoms. The maximum Gasteiger partial charge on any atom is 0.251 e. The molecule has 0 aliphatic carbocycles. The van der Waals surface area contributed by atoms with Crippen molar-refractivity contribution in [1.82, 2.24) is 20.5 Å². The van der Waals surface area contributed by atoms with Crippen LogP contribution in [0.4, 0.5) is 0 Å². The Bertz CT molecular complexity index is 1080. The Morgan fingerprint density at radius 1 is 1.29 bits per heavy atom. The van der Waals surface area contributed by atoms with Crippen LogP contribution in [0.25, 0.3) is 11.3 Å². The summed E-state index contributed by atoms with van der Waals surface area (Å²) in [5, 5.41) is 15.6. The van der Waals surface area contributed by atoms with E-state index in [2.05, 4.69) is 40.8 Å². The Hall–Kier alpha value is -2.83. The molecule has 3 aliphatic heterocycles. The zero-order valence-corrected chi connectivity index (χ0v) is 20.3. The number of ether oxygens (including phenoxy) is 2. The van der Waals surface area contributed by atoms with Gasteiger partial charge in [0.05, 0.1) is 24.1 Å². The molecule has 8 nitrogen and oxygen atoms in total. The monoisotopic (exact) mass is 475 g/mol. The summed E-state index contributed by atoms with van der Waals surface area (Å²) >= 11 is 0. The summed E-state index contributed by atoms with van der Waals surface area (Å²) in [6.45, 7) is 4.51. The van der Waals surface area contributed by atoms with Gasteiger partial charge in [0.15, 0.2) is 0 Å². The highest BCUT2D eigenvalue weighted by atomic mass is 16.5. The molecule has 0 saturated carbocycles. The minimum Gasteiger partial charge on any atom is -0.367 e. The van der Waals surface area contributed by atoms with Gasteiger partial charge in [-0.25, -0.2) is 4.98 Å². The lowest BCUT2D eigenvalue weighted by Crippen LogP contribution is -2.46. The first-order valence-corrected chi connectivity index (χ1v) is 12.5. The number of rotatable bonds is 5. The summed E-state index contributed by atoms with van der Waals surface area (Å²) in [4.78, 5) is 19.9. The second-order valence-electron chi connectivity index (χ2n) is 9.80. The van der Waals surface area contributed by atoms with Crippen LogP contribution in [0.1, 0.15) is 36.1 Å². The summed E-state index contributed by atoms with van der Waals surface area (Å²) in [5.74, 6) is -0.241. The van der Waals surface area contributed by atoms with Crippen LogP contribution in [0.5, 0.6) is 0 Å². The average Bonchev–Trinajstić information content (AvgIpc) is 3.04. The maximum absolute atomic E-state index is 12.5. The number of fused-ring (bicyclic) bond motifs is 2. The molecule has 184 valence electrons. The van der Waals surface area contributed by atoms with Gasteiger partial charge in [-0.15, -0.1) is 0 Å². The number of amides is 1. The van der Waals surface area contributed by atoms with Gasteiger partial charge in [-0.05, 0) is 44.5 Å². The first kappa shape index (κ1) is 23.9. The molecule has 0 radical (unpaired) electrons. The zero-order valence-electron chi connectivity index (χ0n) is 20.3. The first-order chi connectivity index (χ1) is 17.1. The maximum atomic E-state index is 12.5. The fourth-order valence-electron chi connectivity index (χ4n) is 5.13. The molecule has 0 unspecified atom stereocenters. The zero-order chi connectivity index (χ0) is 24.3. The van der Waals surface area contributed by atoms with Crippen LogP contribution in [-0.4, -0.2) is 67.8 Å². The second-order valence-corrected chi connectivity index (χ2v) is 9.80. The SMILES string of the molecule is CN1CCC2(CC1)OCc1ccc(-c3ccc(C[C@@H](C#N)NC(=O)[C@@H]4CNCCCO4)cc3)nc12. The number of hydrogen-bond acceptors (Lipinski definition) is 7. The Balaban J connectivity index is 1.25. The van der Waals surface area contributed by atoms with Gasteiger partial charge in [0.2, 0.25) is 0 Å². The number of nitrogens with zero attached hydrogens (tertiary/aromatic N) is 3.